The van der Waals surface area contributed by atoms with Crippen molar-refractivity contribution in [1.82, 2.24) is 5.43 Å². The van der Waals surface area contributed by atoms with Gasteiger partial charge in [0.15, 0.2) is 0 Å². The van der Waals surface area contributed by atoms with Crippen LogP contribution in [0.3, 0.4) is 0 Å². The number of para-hydroxylation sites is 1. The van der Waals surface area contributed by atoms with E-state index in [1.807, 2.05) is 0 Å². The van der Waals surface area contributed by atoms with Gasteiger partial charge in [-0.05, 0) is 30.3 Å². The number of rotatable bonds is 6. The van der Waals surface area contributed by atoms with Crippen molar-refractivity contribution in [2.45, 2.75) is 0 Å². The Morgan fingerprint density at radius 2 is 2.04 bits per heavy atom. The third-order valence-corrected chi connectivity index (χ3v) is 4.08. The molecule has 0 bridgehead atoms. The molecule has 0 aliphatic rings. The van der Waals surface area contributed by atoms with Gasteiger partial charge in [-0.25, -0.2) is 5.43 Å². The fraction of sp³-hybridized carbons (Fsp3) is 0.0526. The zero-order valence-corrected chi connectivity index (χ0v) is 15.3. The number of hydrogen-bond donors (Lipinski definition) is 1. The van der Waals surface area contributed by atoms with E-state index in [-0.39, 0.29) is 10.7 Å². The number of nitro benzene ring substituents is 1. The van der Waals surface area contributed by atoms with Crippen LogP contribution in [0.5, 0.6) is 5.75 Å². The first-order valence-electron chi connectivity index (χ1n) is 8.00. The quantitative estimate of drug-likeness (QED) is 0.378. The summed E-state index contributed by atoms with van der Waals surface area (Å²) in [5, 5.41) is 14.8. The monoisotopic (exact) mass is 399 g/mol. The molecule has 0 aliphatic heterocycles. The molecule has 0 aliphatic carbocycles. The summed E-state index contributed by atoms with van der Waals surface area (Å²) in [6, 6.07) is 14.1. The van der Waals surface area contributed by atoms with Crippen molar-refractivity contribution < 1.29 is 18.9 Å². The number of nitrogens with zero attached hydrogens (tertiary/aromatic N) is 2. The van der Waals surface area contributed by atoms with E-state index in [9.17, 15) is 14.9 Å². The number of amides is 1. The Balaban J connectivity index is 1.71. The van der Waals surface area contributed by atoms with Crippen LogP contribution in [0.4, 0.5) is 5.69 Å². The van der Waals surface area contributed by atoms with E-state index in [1.165, 1.54) is 31.5 Å². The van der Waals surface area contributed by atoms with E-state index < -0.39 is 10.8 Å². The number of nitro groups is 1. The van der Waals surface area contributed by atoms with Crippen LogP contribution in [0.2, 0.25) is 5.02 Å². The van der Waals surface area contributed by atoms with Crippen molar-refractivity contribution in [3.63, 3.8) is 0 Å². The second-order valence-electron chi connectivity index (χ2n) is 5.52. The average Bonchev–Trinajstić information content (AvgIpc) is 3.16. The van der Waals surface area contributed by atoms with Crippen LogP contribution >= 0.6 is 11.6 Å². The molecule has 3 aromatic rings. The van der Waals surface area contributed by atoms with Crippen LogP contribution in [0, 0.1) is 10.1 Å². The van der Waals surface area contributed by atoms with Crippen molar-refractivity contribution in [3.05, 3.63) is 81.1 Å². The number of ether oxygens (including phenoxy) is 1. The highest BCUT2D eigenvalue weighted by Gasteiger charge is 2.13. The highest BCUT2D eigenvalue weighted by atomic mass is 35.5. The Hall–Kier alpha value is -3.65. The first-order valence-corrected chi connectivity index (χ1v) is 8.38. The number of furan rings is 1. The molecule has 3 rings (SSSR count). The summed E-state index contributed by atoms with van der Waals surface area (Å²) < 4.78 is 10.7. The van der Waals surface area contributed by atoms with Crippen molar-refractivity contribution in [2.75, 3.05) is 7.11 Å². The maximum absolute atomic E-state index is 12.2. The third kappa shape index (κ3) is 4.18. The molecule has 0 saturated heterocycles. The Morgan fingerprint density at radius 1 is 1.25 bits per heavy atom. The smallest absolute Gasteiger partial charge is 0.275 e. The summed E-state index contributed by atoms with van der Waals surface area (Å²) in [5.41, 5.74) is 3.13. The van der Waals surface area contributed by atoms with Gasteiger partial charge in [0.1, 0.15) is 17.3 Å². The minimum atomic E-state index is -0.527. The zero-order valence-electron chi connectivity index (χ0n) is 14.6. The van der Waals surface area contributed by atoms with Crippen LogP contribution in [0.25, 0.3) is 11.3 Å². The number of non-ortho nitro benzene ring substituents is 1. The molecule has 1 amide bonds. The molecular formula is C19H14ClN3O5. The second kappa shape index (κ2) is 8.36. The number of halogens is 1. The van der Waals surface area contributed by atoms with Crippen LogP contribution < -0.4 is 10.2 Å². The van der Waals surface area contributed by atoms with E-state index in [0.717, 1.165) is 0 Å². The Labute approximate surface area is 164 Å². The normalized spacial score (nSPS) is 10.8. The highest BCUT2D eigenvalue weighted by Crippen LogP contribution is 2.32. The van der Waals surface area contributed by atoms with Crippen molar-refractivity contribution in [3.8, 4) is 17.1 Å². The molecule has 0 saturated carbocycles. The molecule has 0 spiro atoms. The van der Waals surface area contributed by atoms with E-state index in [2.05, 4.69) is 10.5 Å². The van der Waals surface area contributed by atoms with Gasteiger partial charge in [-0.15, -0.1) is 0 Å². The molecule has 8 nitrogen and oxygen atoms in total. The molecule has 9 heteroatoms. The topological polar surface area (TPSA) is 107 Å². The van der Waals surface area contributed by atoms with Gasteiger partial charge >= 0.3 is 0 Å². The lowest BCUT2D eigenvalue weighted by atomic mass is 10.1. The molecule has 1 aromatic heterocycles. The lowest BCUT2D eigenvalue weighted by Crippen LogP contribution is -2.18. The largest absolute Gasteiger partial charge is 0.496 e. The third-order valence-electron chi connectivity index (χ3n) is 3.77. The zero-order chi connectivity index (χ0) is 20.1. The lowest BCUT2D eigenvalue weighted by molar-refractivity contribution is -0.384. The number of hydrazone groups is 1. The Kier molecular flexibility index (Phi) is 5.71. The second-order valence-corrected chi connectivity index (χ2v) is 5.93. The van der Waals surface area contributed by atoms with E-state index in [0.29, 0.717) is 28.4 Å². The van der Waals surface area contributed by atoms with Gasteiger partial charge in [-0.3, -0.25) is 14.9 Å². The number of carbonyl (C=O) groups is 1. The summed E-state index contributed by atoms with van der Waals surface area (Å²) in [6.45, 7) is 0. The van der Waals surface area contributed by atoms with Crippen LogP contribution in [-0.2, 0) is 0 Å². The van der Waals surface area contributed by atoms with E-state index in [4.69, 9.17) is 20.8 Å². The summed E-state index contributed by atoms with van der Waals surface area (Å²) in [4.78, 5) is 22.4. The molecule has 0 fully saturated rings. The maximum Gasteiger partial charge on any atom is 0.275 e. The first kappa shape index (κ1) is 19.1. The molecular weight excluding hydrogens is 386 g/mol. The van der Waals surface area contributed by atoms with E-state index in [1.54, 1.807) is 36.4 Å². The standard InChI is InChI=1S/C19H14ClN3O5/c1-27-17-5-3-2-4-15(17)19(24)22-21-11-13-7-9-18(28-13)14-8-6-12(23(25)26)10-16(14)20/h2-11H,1H3,(H,22,24)/b21-11+. The predicted molar refractivity (Wildman–Crippen MR) is 104 cm³/mol. The number of methoxy groups -OCH3 is 1. The molecule has 0 radical (unpaired) electrons. The van der Waals surface area contributed by atoms with Crippen LogP contribution in [0.15, 0.2) is 64.1 Å². The summed E-state index contributed by atoms with van der Waals surface area (Å²) in [5.74, 6) is 0.782. The summed E-state index contributed by atoms with van der Waals surface area (Å²) in [6.07, 6.45) is 1.33. The fourth-order valence-electron chi connectivity index (χ4n) is 2.43. The SMILES string of the molecule is COc1ccccc1C(=O)N/N=C/c1ccc(-c2ccc([N+](=O)[O-])cc2Cl)o1. The van der Waals surface area contributed by atoms with Crippen molar-refractivity contribution >= 4 is 29.4 Å². The van der Waals surface area contributed by atoms with Crippen molar-refractivity contribution in [2.24, 2.45) is 5.10 Å². The summed E-state index contributed by atoms with van der Waals surface area (Å²) in [7, 11) is 1.48. The number of nitrogens with one attached hydrogen (secondary N) is 1. The minimum absolute atomic E-state index is 0.110. The van der Waals surface area contributed by atoms with Gasteiger partial charge in [0, 0.05) is 17.7 Å². The molecule has 0 unspecified atom stereocenters. The Morgan fingerprint density at radius 3 is 2.75 bits per heavy atom. The summed E-state index contributed by atoms with van der Waals surface area (Å²) >= 11 is 6.09. The van der Waals surface area contributed by atoms with Crippen LogP contribution in [-0.4, -0.2) is 24.2 Å². The molecule has 142 valence electrons. The predicted octanol–water partition coefficient (Wildman–Crippen LogP) is 4.28. The first-order chi connectivity index (χ1) is 13.5. The Bertz CT molecular complexity index is 1060. The van der Waals surface area contributed by atoms with Gasteiger partial charge in [0.25, 0.3) is 11.6 Å². The van der Waals surface area contributed by atoms with Gasteiger partial charge in [0.2, 0.25) is 0 Å². The number of carbonyl (C=O) groups excluding carboxylic acids is 1. The van der Waals surface area contributed by atoms with Gasteiger partial charge in [-0.2, -0.15) is 5.10 Å². The minimum Gasteiger partial charge on any atom is -0.496 e. The number of benzene rings is 2. The fourth-order valence-corrected chi connectivity index (χ4v) is 2.70. The molecule has 0 atom stereocenters. The average molecular weight is 400 g/mol. The lowest BCUT2D eigenvalue weighted by Gasteiger charge is -2.05. The van der Waals surface area contributed by atoms with Gasteiger partial charge in [-0.1, -0.05) is 23.7 Å². The van der Waals surface area contributed by atoms with Gasteiger partial charge in [0.05, 0.1) is 28.8 Å². The highest BCUT2D eigenvalue weighted by molar-refractivity contribution is 6.33. The molecule has 1 N–H and O–H groups in total. The maximum atomic E-state index is 12.2. The van der Waals surface area contributed by atoms with Gasteiger partial charge < -0.3 is 9.15 Å². The molecule has 28 heavy (non-hydrogen) atoms. The molecule has 2 aromatic carbocycles. The van der Waals surface area contributed by atoms with Crippen LogP contribution in [0.1, 0.15) is 16.1 Å². The number of hydrogen-bond acceptors (Lipinski definition) is 6. The van der Waals surface area contributed by atoms with Crippen molar-refractivity contribution in [1.29, 1.82) is 0 Å². The molecule has 1 heterocycles. The van der Waals surface area contributed by atoms with E-state index >= 15 is 0 Å².